The quantitative estimate of drug-likeness (QED) is 0.127. The van der Waals surface area contributed by atoms with Crippen LogP contribution < -0.4 is 4.57 Å². The van der Waals surface area contributed by atoms with Gasteiger partial charge in [-0.25, -0.2) is 0 Å². The number of hydrogen-bond donors (Lipinski definition) is 0. The zero-order chi connectivity index (χ0) is 26.6. The molecule has 2 heterocycles. The smallest absolute Gasteiger partial charge is 0.304 e. The van der Waals surface area contributed by atoms with Crippen LogP contribution in [0.25, 0.3) is 0 Å². The summed E-state index contributed by atoms with van der Waals surface area (Å²) in [4.78, 5) is 35.1. The van der Waals surface area contributed by atoms with E-state index in [-0.39, 0.29) is 6.61 Å². The molecule has 0 aromatic carbocycles. The van der Waals surface area contributed by atoms with Crippen LogP contribution in [0.5, 0.6) is 0 Å². The molecule has 12 heteroatoms. The fourth-order valence-electron chi connectivity index (χ4n) is 3.45. The highest BCUT2D eigenvalue weighted by molar-refractivity contribution is 6.76. The van der Waals surface area contributed by atoms with Crippen LogP contribution in [0.4, 0.5) is 0 Å². The Morgan fingerprint density at radius 2 is 1.57 bits per heavy atom. The van der Waals surface area contributed by atoms with Gasteiger partial charge >= 0.3 is 24.1 Å². The lowest BCUT2D eigenvalue weighted by atomic mass is 10.1. The van der Waals surface area contributed by atoms with Crippen molar-refractivity contribution >= 4 is 40.4 Å². The third-order valence-corrected chi connectivity index (χ3v) is 6.22. The predicted octanol–water partition coefficient (Wildman–Crippen LogP) is 2.73. The first-order valence-electron chi connectivity index (χ1n) is 11.5. The summed E-state index contributed by atoms with van der Waals surface area (Å²) in [5, 5.41) is 0. The summed E-state index contributed by atoms with van der Waals surface area (Å²) >= 11 is 0. The van der Waals surface area contributed by atoms with Gasteiger partial charge < -0.3 is 23.4 Å². The molecule has 4 atom stereocenters. The molecule has 1 aliphatic rings. The van der Waals surface area contributed by atoms with Crippen molar-refractivity contribution < 1.29 is 42.3 Å². The average Bonchev–Trinajstić information content (AvgIpc) is 3.00. The predicted molar refractivity (Wildman–Crippen MR) is 133 cm³/mol. The monoisotopic (exact) mass is 525 g/mol. The standard InChI is InChI=1S/C23H37N2O8Si2/c1-15(26)29-14-19-20(30-16(2)27)21(31-17(3)28)23(32-19)25-12-10-11-18(13-25)22(24-34(4,5)6)33-35(7,8)9/h10-13,19-21,23H,14H2,1-9H3/q+1/b24-22-/t19-,20?,21?,23-/m1/s1. The van der Waals surface area contributed by atoms with E-state index in [2.05, 4.69) is 39.3 Å². The Hall–Kier alpha value is -2.58. The van der Waals surface area contributed by atoms with Gasteiger partial charge in [-0.3, -0.25) is 19.0 Å². The van der Waals surface area contributed by atoms with Gasteiger partial charge in [0.05, 0.1) is 5.56 Å². The fourth-order valence-corrected chi connectivity index (χ4v) is 5.07. The summed E-state index contributed by atoms with van der Waals surface area (Å²) in [6, 6.07) is 3.71. The SMILES string of the molecule is CC(=O)OC[C@H]1O[C@@H]([n+]2cccc(/C(=N/[Si](C)(C)C)O[Si](C)(C)C)c2)C(OC(C)=O)C1OC(C)=O. The molecule has 0 radical (unpaired) electrons. The van der Waals surface area contributed by atoms with Gasteiger partial charge in [0.1, 0.15) is 12.7 Å². The lowest BCUT2D eigenvalue weighted by molar-refractivity contribution is -0.765. The number of nitrogens with zero attached hydrogens (tertiary/aromatic N) is 2. The van der Waals surface area contributed by atoms with E-state index in [0.29, 0.717) is 5.90 Å². The molecule has 1 aliphatic heterocycles. The molecule has 2 unspecified atom stereocenters. The fraction of sp³-hybridized carbons (Fsp3) is 0.609. The highest BCUT2D eigenvalue weighted by Crippen LogP contribution is 2.31. The van der Waals surface area contributed by atoms with Crippen LogP contribution >= 0.6 is 0 Å². The molecule has 1 aromatic rings. The van der Waals surface area contributed by atoms with Gasteiger partial charge in [-0.1, -0.05) is 0 Å². The minimum Gasteiger partial charge on any atom is -0.532 e. The van der Waals surface area contributed by atoms with Gasteiger partial charge in [-0.2, -0.15) is 4.57 Å². The maximum atomic E-state index is 11.9. The van der Waals surface area contributed by atoms with E-state index < -0.39 is 59.0 Å². The zero-order valence-electron chi connectivity index (χ0n) is 22.0. The van der Waals surface area contributed by atoms with Crippen LogP contribution in [0, 0.1) is 0 Å². The summed E-state index contributed by atoms with van der Waals surface area (Å²) in [7, 11) is -3.85. The summed E-state index contributed by atoms with van der Waals surface area (Å²) in [6.07, 6.45) is -0.0490. The van der Waals surface area contributed by atoms with Crippen LogP contribution in [-0.4, -0.2) is 65.3 Å². The van der Waals surface area contributed by atoms with Crippen molar-refractivity contribution in [3.8, 4) is 0 Å². The van der Waals surface area contributed by atoms with E-state index in [4.69, 9.17) is 28.0 Å². The lowest BCUT2D eigenvalue weighted by Crippen LogP contribution is -2.49. The minimum atomic E-state index is -1.97. The second-order valence-corrected chi connectivity index (χ2v) is 19.4. The second kappa shape index (κ2) is 11.4. The minimum absolute atomic E-state index is 0.164. The molecule has 0 bridgehead atoms. The zero-order valence-corrected chi connectivity index (χ0v) is 24.0. The number of esters is 3. The Kier molecular flexibility index (Phi) is 9.37. The number of hydrogen-bond acceptors (Lipinski definition) is 9. The van der Waals surface area contributed by atoms with E-state index in [0.717, 1.165) is 5.56 Å². The van der Waals surface area contributed by atoms with Gasteiger partial charge in [0, 0.05) is 26.8 Å². The molecule has 0 spiro atoms. The van der Waals surface area contributed by atoms with Gasteiger partial charge in [0.15, 0.2) is 32.6 Å². The Labute approximate surface area is 208 Å². The maximum Gasteiger partial charge on any atom is 0.304 e. The summed E-state index contributed by atoms with van der Waals surface area (Å²) in [5.41, 5.74) is 0.745. The van der Waals surface area contributed by atoms with Crippen molar-refractivity contribution in [1.29, 1.82) is 0 Å². The molecule has 0 saturated carbocycles. The second-order valence-electron chi connectivity index (χ2n) is 10.4. The van der Waals surface area contributed by atoms with E-state index >= 15 is 0 Å². The number of carbonyl (C=O) groups is 3. The van der Waals surface area contributed by atoms with E-state index in [1.165, 1.54) is 20.8 Å². The molecule has 194 valence electrons. The number of rotatable bonds is 8. The first-order valence-corrected chi connectivity index (χ1v) is 18.3. The van der Waals surface area contributed by atoms with Crippen LogP contribution in [0.1, 0.15) is 32.6 Å². The summed E-state index contributed by atoms with van der Waals surface area (Å²) in [5.74, 6) is -1.08. The van der Waals surface area contributed by atoms with Crippen molar-refractivity contribution in [1.82, 2.24) is 0 Å². The first kappa shape index (κ1) is 28.7. The number of aromatic nitrogens is 1. The maximum absolute atomic E-state index is 11.9. The molecule has 0 amide bonds. The number of carbonyl (C=O) groups excluding carboxylic acids is 3. The van der Waals surface area contributed by atoms with Gasteiger partial charge in [0.25, 0.3) is 0 Å². The Balaban J connectivity index is 2.52. The molecule has 0 aliphatic carbocycles. The van der Waals surface area contributed by atoms with Crippen LogP contribution in [-0.2, 0) is 37.8 Å². The third kappa shape index (κ3) is 9.18. The topological polar surface area (TPSA) is 114 Å². The third-order valence-electron chi connectivity index (χ3n) is 4.54. The lowest BCUT2D eigenvalue weighted by Gasteiger charge is -2.23. The Morgan fingerprint density at radius 1 is 0.971 bits per heavy atom. The molecule has 2 rings (SSSR count). The van der Waals surface area contributed by atoms with Crippen molar-refractivity contribution in [3.63, 3.8) is 0 Å². The molecule has 1 fully saturated rings. The molecule has 1 aromatic heterocycles. The molecule has 1 saturated heterocycles. The van der Waals surface area contributed by atoms with Gasteiger partial charge in [-0.15, -0.1) is 0 Å². The molecule has 10 nitrogen and oxygen atoms in total. The number of ether oxygens (including phenoxy) is 4. The summed E-state index contributed by atoms with van der Waals surface area (Å²) in [6.45, 7) is 16.3. The highest BCUT2D eigenvalue weighted by Gasteiger charge is 2.54. The van der Waals surface area contributed by atoms with Gasteiger partial charge in [-0.05, 0) is 45.3 Å². The molecular formula is C23H37N2O8Si2+. The van der Waals surface area contributed by atoms with Crippen molar-refractivity contribution in [3.05, 3.63) is 30.1 Å². The average molecular weight is 526 g/mol. The van der Waals surface area contributed by atoms with Crippen LogP contribution in [0.3, 0.4) is 0 Å². The van der Waals surface area contributed by atoms with Crippen molar-refractivity contribution in [2.75, 3.05) is 6.61 Å². The largest absolute Gasteiger partial charge is 0.532 e. The number of pyridine rings is 1. The molecule has 35 heavy (non-hydrogen) atoms. The molecule has 0 N–H and O–H groups in total. The Morgan fingerprint density at radius 3 is 2.09 bits per heavy atom. The van der Waals surface area contributed by atoms with Crippen molar-refractivity contribution in [2.24, 2.45) is 4.66 Å². The van der Waals surface area contributed by atoms with E-state index in [1.807, 2.05) is 12.1 Å². The molecular weight excluding hydrogens is 488 g/mol. The first-order chi connectivity index (χ1) is 16.1. The van der Waals surface area contributed by atoms with E-state index in [9.17, 15) is 14.4 Å². The van der Waals surface area contributed by atoms with Crippen LogP contribution in [0.15, 0.2) is 29.2 Å². The Bertz CT molecular complexity index is 971. The van der Waals surface area contributed by atoms with E-state index in [1.54, 1.807) is 17.0 Å². The van der Waals surface area contributed by atoms with Gasteiger partial charge in [0.2, 0.25) is 14.4 Å². The summed E-state index contributed by atoms with van der Waals surface area (Å²) < 4.78 is 35.2. The highest BCUT2D eigenvalue weighted by atomic mass is 28.4. The normalized spacial score (nSPS) is 22.9. The van der Waals surface area contributed by atoms with Crippen molar-refractivity contribution in [2.45, 2.75) is 84.6 Å². The van der Waals surface area contributed by atoms with Crippen LogP contribution in [0.2, 0.25) is 39.3 Å².